The van der Waals surface area contributed by atoms with E-state index >= 15 is 0 Å². The van der Waals surface area contributed by atoms with Crippen molar-refractivity contribution < 1.29 is 4.79 Å². The molecule has 8 heteroatoms. The van der Waals surface area contributed by atoms with Gasteiger partial charge in [0.25, 0.3) is 0 Å². The van der Waals surface area contributed by atoms with Gasteiger partial charge in [-0.3, -0.25) is 4.79 Å². The Balaban J connectivity index is 1.39. The van der Waals surface area contributed by atoms with Gasteiger partial charge >= 0.3 is 0 Å². The molecule has 0 aliphatic carbocycles. The van der Waals surface area contributed by atoms with E-state index in [2.05, 4.69) is 38.7 Å². The van der Waals surface area contributed by atoms with Gasteiger partial charge in [0.2, 0.25) is 5.91 Å². The fourth-order valence-corrected chi connectivity index (χ4v) is 5.73. The lowest BCUT2D eigenvalue weighted by Crippen LogP contribution is -2.48. The Kier molecular flexibility index (Phi) is 8.23. The standard InChI is InChI=1S/C25H28Cl2N4OS/c1-19(32)30-12-14-31(15-13-30)22-5-8-23(9-6-22)33-24(17-29-11-10-28-18-29)7-3-20-2-4-21(26)16-25(20)27/h2,4-6,8-11,16,18,24H,3,7,12-15,17H2,1H3. The van der Waals surface area contributed by atoms with Crippen LogP contribution in [0.2, 0.25) is 10.0 Å². The van der Waals surface area contributed by atoms with Crippen LogP contribution in [0.3, 0.4) is 0 Å². The molecule has 1 amide bonds. The average Bonchev–Trinajstić information content (AvgIpc) is 3.32. The Labute approximate surface area is 209 Å². The molecule has 0 spiro atoms. The summed E-state index contributed by atoms with van der Waals surface area (Å²) < 4.78 is 2.13. The minimum atomic E-state index is 0.158. The first-order valence-corrected chi connectivity index (χ1v) is 12.8. The Morgan fingerprint density at radius 1 is 1.09 bits per heavy atom. The summed E-state index contributed by atoms with van der Waals surface area (Å²) in [6.07, 6.45) is 7.57. The number of benzene rings is 2. The molecule has 0 N–H and O–H groups in total. The van der Waals surface area contributed by atoms with Crippen LogP contribution in [0, 0.1) is 0 Å². The molecule has 0 radical (unpaired) electrons. The highest BCUT2D eigenvalue weighted by Gasteiger charge is 2.19. The molecular formula is C25H28Cl2N4OS. The van der Waals surface area contributed by atoms with E-state index in [-0.39, 0.29) is 5.91 Å². The quantitative estimate of drug-likeness (QED) is 0.373. The zero-order chi connectivity index (χ0) is 23.2. The second kappa shape index (κ2) is 11.3. The highest BCUT2D eigenvalue weighted by atomic mass is 35.5. The van der Waals surface area contributed by atoms with E-state index in [1.165, 1.54) is 10.6 Å². The highest BCUT2D eigenvalue weighted by Crippen LogP contribution is 2.31. The van der Waals surface area contributed by atoms with Crippen molar-refractivity contribution >= 4 is 46.6 Å². The second-order valence-electron chi connectivity index (χ2n) is 8.26. The number of aryl methyl sites for hydroxylation is 1. The summed E-state index contributed by atoms with van der Waals surface area (Å²) >= 11 is 14.3. The monoisotopic (exact) mass is 502 g/mol. The second-order valence-corrected chi connectivity index (χ2v) is 10.5. The molecule has 1 aliphatic heterocycles. The Morgan fingerprint density at radius 3 is 2.48 bits per heavy atom. The number of rotatable bonds is 8. The summed E-state index contributed by atoms with van der Waals surface area (Å²) in [5, 5.41) is 1.76. The van der Waals surface area contributed by atoms with Crippen molar-refractivity contribution in [3.8, 4) is 0 Å². The van der Waals surface area contributed by atoms with Gasteiger partial charge in [0.1, 0.15) is 0 Å². The van der Waals surface area contributed by atoms with E-state index in [4.69, 9.17) is 23.2 Å². The maximum atomic E-state index is 11.6. The summed E-state index contributed by atoms with van der Waals surface area (Å²) in [4.78, 5) is 21.3. The zero-order valence-corrected chi connectivity index (χ0v) is 21.0. The van der Waals surface area contributed by atoms with Gasteiger partial charge in [-0.05, 0) is 54.8 Å². The number of amides is 1. The molecule has 3 aromatic rings. The normalized spacial score (nSPS) is 15.0. The molecule has 33 heavy (non-hydrogen) atoms. The van der Waals surface area contributed by atoms with Crippen LogP contribution in [0.25, 0.3) is 0 Å². The SMILES string of the molecule is CC(=O)N1CCN(c2ccc(SC(CCc3ccc(Cl)cc3Cl)Cn3ccnc3)cc2)CC1. The van der Waals surface area contributed by atoms with Gasteiger partial charge in [0.05, 0.1) is 6.33 Å². The highest BCUT2D eigenvalue weighted by molar-refractivity contribution is 8.00. The van der Waals surface area contributed by atoms with E-state index in [0.29, 0.717) is 10.3 Å². The lowest BCUT2D eigenvalue weighted by Gasteiger charge is -2.35. The van der Waals surface area contributed by atoms with Crippen molar-refractivity contribution in [3.63, 3.8) is 0 Å². The summed E-state index contributed by atoms with van der Waals surface area (Å²) in [6.45, 7) is 5.83. The third-order valence-corrected chi connectivity index (χ3v) is 7.80. The Morgan fingerprint density at radius 2 is 1.85 bits per heavy atom. The zero-order valence-electron chi connectivity index (χ0n) is 18.7. The van der Waals surface area contributed by atoms with Crippen LogP contribution in [0.15, 0.2) is 66.1 Å². The van der Waals surface area contributed by atoms with Gasteiger partial charge < -0.3 is 14.4 Å². The number of thioether (sulfide) groups is 1. The van der Waals surface area contributed by atoms with Crippen molar-refractivity contribution in [3.05, 3.63) is 76.8 Å². The van der Waals surface area contributed by atoms with Crippen LogP contribution in [-0.4, -0.2) is 51.8 Å². The molecular weight excluding hydrogens is 475 g/mol. The number of hydrogen-bond donors (Lipinski definition) is 0. The molecule has 4 rings (SSSR count). The van der Waals surface area contributed by atoms with E-state index in [1.807, 2.05) is 53.6 Å². The fourth-order valence-electron chi connectivity index (χ4n) is 4.07. The molecule has 1 fully saturated rings. The van der Waals surface area contributed by atoms with Crippen molar-refractivity contribution in [2.75, 3.05) is 31.1 Å². The number of imidazole rings is 1. The minimum Gasteiger partial charge on any atom is -0.368 e. The summed E-state index contributed by atoms with van der Waals surface area (Å²) in [5.74, 6) is 0.158. The van der Waals surface area contributed by atoms with Crippen LogP contribution >= 0.6 is 35.0 Å². The number of anilines is 1. The van der Waals surface area contributed by atoms with Crippen molar-refractivity contribution in [2.45, 2.75) is 36.5 Å². The molecule has 1 aromatic heterocycles. The van der Waals surface area contributed by atoms with Crippen LogP contribution in [0.4, 0.5) is 5.69 Å². The minimum absolute atomic E-state index is 0.158. The molecule has 1 aliphatic rings. The number of halogens is 2. The average molecular weight is 503 g/mol. The van der Waals surface area contributed by atoms with Crippen molar-refractivity contribution in [1.29, 1.82) is 0 Å². The number of hydrogen-bond acceptors (Lipinski definition) is 4. The third-order valence-electron chi connectivity index (χ3n) is 5.95. The largest absolute Gasteiger partial charge is 0.368 e. The number of aromatic nitrogens is 2. The number of carbonyl (C=O) groups is 1. The predicted molar refractivity (Wildman–Crippen MR) is 138 cm³/mol. The molecule has 5 nitrogen and oxygen atoms in total. The smallest absolute Gasteiger partial charge is 0.219 e. The van der Waals surface area contributed by atoms with Crippen LogP contribution in [0.5, 0.6) is 0 Å². The topological polar surface area (TPSA) is 41.4 Å². The lowest BCUT2D eigenvalue weighted by molar-refractivity contribution is -0.129. The molecule has 1 unspecified atom stereocenters. The summed E-state index contributed by atoms with van der Waals surface area (Å²) in [6, 6.07) is 14.5. The molecule has 2 aromatic carbocycles. The van der Waals surface area contributed by atoms with E-state index < -0.39 is 0 Å². The Hall–Kier alpha value is -2.15. The van der Waals surface area contributed by atoms with Crippen molar-refractivity contribution in [1.82, 2.24) is 14.5 Å². The van der Waals surface area contributed by atoms with E-state index in [0.717, 1.165) is 56.2 Å². The van der Waals surface area contributed by atoms with Gasteiger partial charge in [-0.2, -0.15) is 0 Å². The van der Waals surface area contributed by atoms with Crippen LogP contribution in [0.1, 0.15) is 18.9 Å². The maximum Gasteiger partial charge on any atom is 0.219 e. The molecule has 0 bridgehead atoms. The first kappa shape index (κ1) is 24.0. The number of carbonyl (C=O) groups excluding carboxylic acids is 1. The maximum absolute atomic E-state index is 11.6. The van der Waals surface area contributed by atoms with Gasteiger partial charge in [0, 0.05) is 77.9 Å². The number of nitrogens with zero attached hydrogens (tertiary/aromatic N) is 4. The van der Waals surface area contributed by atoms with Gasteiger partial charge in [-0.1, -0.05) is 29.3 Å². The van der Waals surface area contributed by atoms with Gasteiger partial charge in [-0.15, -0.1) is 11.8 Å². The first-order chi connectivity index (χ1) is 16.0. The summed E-state index contributed by atoms with van der Waals surface area (Å²) in [7, 11) is 0. The molecule has 2 heterocycles. The number of piperazine rings is 1. The van der Waals surface area contributed by atoms with Gasteiger partial charge in [-0.25, -0.2) is 4.98 Å². The molecule has 174 valence electrons. The van der Waals surface area contributed by atoms with Crippen LogP contribution < -0.4 is 4.90 Å². The predicted octanol–water partition coefficient (Wildman–Crippen LogP) is 5.65. The van der Waals surface area contributed by atoms with Crippen molar-refractivity contribution in [2.24, 2.45) is 0 Å². The van der Waals surface area contributed by atoms with Crippen LogP contribution in [-0.2, 0) is 17.8 Å². The molecule has 1 atom stereocenters. The Bertz CT molecular complexity index is 1050. The summed E-state index contributed by atoms with van der Waals surface area (Å²) in [5.41, 5.74) is 2.33. The third kappa shape index (κ3) is 6.69. The lowest BCUT2D eigenvalue weighted by atomic mass is 10.1. The molecule has 1 saturated heterocycles. The molecule has 0 saturated carbocycles. The fraction of sp³-hybridized carbons (Fsp3) is 0.360. The van der Waals surface area contributed by atoms with E-state index in [1.54, 1.807) is 6.92 Å². The first-order valence-electron chi connectivity index (χ1n) is 11.1. The van der Waals surface area contributed by atoms with E-state index in [9.17, 15) is 4.79 Å². The van der Waals surface area contributed by atoms with Gasteiger partial charge in [0.15, 0.2) is 0 Å².